The maximum absolute atomic E-state index is 11.7. The summed E-state index contributed by atoms with van der Waals surface area (Å²) >= 11 is 0. The van der Waals surface area contributed by atoms with E-state index in [1.54, 1.807) is 12.1 Å². The van der Waals surface area contributed by atoms with Gasteiger partial charge < -0.3 is 11.1 Å². The van der Waals surface area contributed by atoms with E-state index in [1.807, 2.05) is 13.8 Å². The Morgan fingerprint density at radius 2 is 2.20 bits per heavy atom. The number of nitrogens with two attached hydrogens (primary N) is 1. The molecule has 1 aromatic rings. The molecule has 6 nitrogen and oxygen atoms in total. The van der Waals surface area contributed by atoms with Gasteiger partial charge in [-0.3, -0.25) is 14.9 Å². The Morgan fingerprint density at radius 1 is 1.50 bits per heavy atom. The Bertz CT molecular complexity index is 489. The first-order valence-electron chi connectivity index (χ1n) is 6.75. The van der Waals surface area contributed by atoms with Crippen LogP contribution < -0.4 is 11.1 Å². The second kappa shape index (κ2) is 7.59. The van der Waals surface area contributed by atoms with Crippen molar-refractivity contribution in [3.05, 3.63) is 33.9 Å². The van der Waals surface area contributed by atoms with Crippen LogP contribution in [0.4, 0.5) is 11.4 Å². The fraction of sp³-hybridized carbons (Fsp3) is 0.500. The van der Waals surface area contributed by atoms with Crippen LogP contribution >= 0.6 is 0 Å². The first kappa shape index (κ1) is 16.1. The van der Waals surface area contributed by atoms with E-state index in [1.165, 1.54) is 6.07 Å². The molecule has 0 aromatic heterocycles. The van der Waals surface area contributed by atoms with E-state index in [2.05, 4.69) is 5.32 Å². The maximum atomic E-state index is 11.7. The number of nitro groups is 1. The number of nitrogens with one attached hydrogen (secondary N) is 1. The Hall–Kier alpha value is -1.95. The van der Waals surface area contributed by atoms with Gasteiger partial charge in [0.25, 0.3) is 5.69 Å². The molecule has 110 valence electrons. The quantitative estimate of drug-likeness (QED) is 0.591. The van der Waals surface area contributed by atoms with Crippen LogP contribution in [0.1, 0.15) is 32.3 Å². The number of rotatable bonds is 7. The Labute approximate surface area is 118 Å². The second-order valence-electron chi connectivity index (χ2n) is 4.88. The van der Waals surface area contributed by atoms with Gasteiger partial charge in [-0.1, -0.05) is 19.9 Å². The third kappa shape index (κ3) is 4.62. The van der Waals surface area contributed by atoms with Gasteiger partial charge in [-0.05, 0) is 31.4 Å². The van der Waals surface area contributed by atoms with Crippen LogP contribution in [-0.4, -0.2) is 17.4 Å². The Morgan fingerprint density at radius 3 is 2.75 bits per heavy atom. The zero-order valence-corrected chi connectivity index (χ0v) is 11.9. The largest absolute Gasteiger partial charge is 0.330 e. The SMILES string of the molecule is CCc1ccc(NC(=O)CCC(C)CN)cc1[N+](=O)[O-]. The lowest BCUT2D eigenvalue weighted by atomic mass is 10.1. The van der Waals surface area contributed by atoms with Crippen LogP contribution in [0, 0.1) is 16.0 Å². The van der Waals surface area contributed by atoms with Crippen molar-refractivity contribution in [2.75, 3.05) is 11.9 Å². The summed E-state index contributed by atoms with van der Waals surface area (Å²) in [4.78, 5) is 22.3. The van der Waals surface area contributed by atoms with Crippen LogP contribution in [0.15, 0.2) is 18.2 Å². The van der Waals surface area contributed by atoms with Crippen molar-refractivity contribution in [1.82, 2.24) is 0 Å². The predicted molar refractivity (Wildman–Crippen MR) is 78.6 cm³/mol. The van der Waals surface area contributed by atoms with Crippen molar-refractivity contribution < 1.29 is 9.72 Å². The minimum atomic E-state index is -0.426. The normalized spacial score (nSPS) is 11.9. The number of hydrogen-bond donors (Lipinski definition) is 2. The predicted octanol–water partition coefficient (Wildman–Crippen LogP) is 2.47. The van der Waals surface area contributed by atoms with E-state index in [0.717, 1.165) is 0 Å². The number of carbonyl (C=O) groups excluding carboxylic acids is 1. The third-order valence-electron chi connectivity index (χ3n) is 3.21. The molecule has 1 unspecified atom stereocenters. The van der Waals surface area contributed by atoms with Gasteiger partial charge >= 0.3 is 0 Å². The molecule has 0 bridgehead atoms. The minimum Gasteiger partial charge on any atom is -0.330 e. The number of carbonyl (C=O) groups is 1. The van der Waals surface area contributed by atoms with Gasteiger partial charge in [0.1, 0.15) is 0 Å². The first-order chi connectivity index (χ1) is 9.47. The van der Waals surface area contributed by atoms with Crippen molar-refractivity contribution in [2.45, 2.75) is 33.1 Å². The van der Waals surface area contributed by atoms with Gasteiger partial charge in [-0.2, -0.15) is 0 Å². The summed E-state index contributed by atoms with van der Waals surface area (Å²) in [6.07, 6.45) is 1.65. The fourth-order valence-electron chi connectivity index (χ4n) is 1.83. The summed E-state index contributed by atoms with van der Waals surface area (Å²) in [5, 5.41) is 13.6. The molecule has 1 aromatic carbocycles. The van der Waals surface area contributed by atoms with E-state index in [4.69, 9.17) is 5.73 Å². The summed E-state index contributed by atoms with van der Waals surface area (Å²) in [6.45, 7) is 4.38. The van der Waals surface area contributed by atoms with Gasteiger partial charge in [0.2, 0.25) is 5.91 Å². The number of anilines is 1. The molecule has 6 heteroatoms. The lowest BCUT2D eigenvalue weighted by Crippen LogP contribution is -2.16. The molecule has 1 atom stereocenters. The molecular formula is C14H21N3O3. The van der Waals surface area contributed by atoms with E-state index >= 15 is 0 Å². The molecular weight excluding hydrogens is 258 g/mol. The highest BCUT2D eigenvalue weighted by Gasteiger charge is 2.14. The zero-order valence-electron chi connectivity index (χ0n) is 11.9. The van der Waals surface area contributed by atoms with Gasteiger partial charge in [-0.25, -0.2) is 0 Å². The van der Waals surface area contributed by atoms with Crippen molar-refractivity contribution in [2.24, 2.45) is 11.7 Å². The van der Waals surface area contributed by atoms with E-state index in [9.17, 15) is 14.9 Å². The molecule has 0 radical (unpaired) electrons. The number of nitro benzene ring substituents is 1. The summed E-state index contributed by atoms with van der Waals surface area (Å²) in [6, 6.07) is 4.77. The van der Waals surface area contributed by atoms with Gasteiger partial charge in [0.15, 0.2) is 0 Å². The minimum absolute atomic E-state index is 0.0422. The van der Waals surface area contributed by atoms with Gasteiger partial charge in [-0.15, -0.1) is 0 Å². The van der Waals surface area contributed by atoms with Crippen molar-refractivity contribution in [3.63, 3.8) is 0 Å². The molecule has 0 aliphatic rings. The van der Waals surface area contributed by atoms with E-state index < -0.39 is 4.92 Å². The van der Waals surface area contributed by atoms with Crippen molar-refractivity contribution in [1.29, 1.82) is 0 Å². The van der Waals surface area contributed by atoms with E-state index in [0.29, 0.717) is 37.1 Å². The topological polar surface area (TPSA) is 98.3 Å². The van der Waals surface area contributed by atoms with Gasteiger partial charge in [0.05, 0.1) is 4.92 Å². The number of amides is 1. The van der Waals surface area contributed by atoms with Crippen molar-refractivity contribution >= 4 is 17.3 Å². The molecule has 3 N–H and O–H groups in total. The summed E-state index contributed by atoms with van der Waals surface area (Å²) < 4.78 is 0. The lowest BCUT2D eigenvalue weighted by molar-refractivity contribution is -0.385. The fourth-order valence-corrected chi connectivity index (χ4v) is 1.83. The standard InChI is InChI=1S/C14H21N3O3/c1-3-11-5-6-12(8-13(11)17(19)20)16-14(18)7-4-10(2)9-15/h5-6,8,10H,3-4,7,9,15H2,1-2H3,(H,16,18). The summed E-state index contributed by atoms with van der Waals surface area (Å²) in [5.74, 6) is 0.140. The summed E-state index contributed by atoms with van der Waals surface area (Å²) in [5.41, 5.74) is 6.65. The van der Waals surface area contributed by atoms with Crippen LogP contribution in [-0.2, 0) is 11.2 Å². The summed E-state index contributed by atoms with van der Waals surface area (Å²) in [7, 11) is 0. The Balaban J connectivity index is 2.71. The molecule has 0 saturated heterocycles. The van der Waals surface area contributed by atoms with Crippen LogP contribution in [0.3, 0.4) is 0 Å². The third-order valence-corrected chi connectivity index (χ3v) is 3.21. The second-order valence-corrected chi connectivity index (χ2v) is 4.88. The molecule has 0 heterocycles. The molecule has 20 heavy (non-hydrogen) atoms. The van der Waals surface area contributed by atoms with Crippen LogP contribution in [0.25, 0.3) is 0 Å². The number of hydrogen-bond acceptors (Lipinski definition) is 4. The smallest absolute Gasteiger partial charge is 0.274 e. The molecule has 0 aliphatic carbocycles. The van der Waals surface area contributed by atoms with Crippen molar-refractivity contribution in [3.8, 4) is 0 Å². The average molecular weight is 279 g/mol. The highest BCUT2D eigenvalue weighted by atomic mass is 16.6. The molecule has 1 amide bonds. The highest BCUT2D eigenvalue weighted by molar-refractivity contribution is 5.91. The number of aryl methyl sites for hydroxylation is 1. The molecule has 1 rings (SSSR count). The number of nitrogens with zero attached hydrogens (tertiary/aromatic N) is 1. The molecule has 0 saturated carbocycles. The Kier molecular flexibility index (Phi) is 6.11. The van der Waals surface area contributed by atoms with E-state index in [-0.39, 0.29) is 17.5 Å². The molecule has 0 fully saturated rings. The molecule has 0 spiro atoms. The highest BCUT2D eigenvalue weighted by Crippen LogP contribution is 2.23. The van der Waals surface area contributed by atoms with Gasteiger partial charge in [0, 0.05) is 23.7 Å². The zero-order chi connectivity index (χ0) is 15.1. The average Bonchev–Trinajstić information content (AvgIpc) is 2.44. The molecule has 0 aliphatic heterocycles. The number of benzene rings is 1. The van der Waals surface area contributed by atoms with Crippen LogP contribution in [0.5, 0.6) is 0 Å². The van der Waals surface area contributed by atoms with Crippen LogP contribution in [0.2, 0.25) is 0 Å². The lowest BCUT2D eigenvalue weighted by Gasteiger charge is -2.09. The maximum Gasteiger partial charge on any atom is 0.274 e. The first-order valence-corrected chi connectivity index (χ1v) is 6.75. The monoisotopic (exact) mass is 279 g/mol.